The van der Waals surface area contributed by atoms with Crippen LogP contribution in [0.2, 0.25) is 10.0 Å². The first-order chi connectivity index (χ1) is 12.6. The fourth-order valence-corrected chi connectivity index (χ4v) is 2.75. The van der Waals surface area contributed by atoms with Gasteiger partial charge < -0.3 is 4.74 Å². The molecule has 2 aromatic rings. The van der Waals surface area contributed by atoms with Crippen molar-refractivity contribution in [2.24, 2.45) is 0 Å². The first-order valence-corrected chi connectivity index (χ1v) is 9.16. The van der Waals surface area contributed by atoms with Gasteiger partial charge >= 0.3 is 0 Å². The van der Waals surface area contributed by atoms with Crippen molar-refractivity contribution < 1.29 is 14.3 Å². The SMILES string of the molecule is CC(Oc1ccc(C(C)(C)C)cc1)C(=O)NNC(=O)c1ccc(Cl)cc1Cl. The first-order valence-electron chi connectivity index (χ1n) is 8.40. The highest BCUT2D eigenvalue weighted by Gasteiger charge is 2.18. The monoisotopic (exact) mass is 408 g/mol. The van der Waals surface area contributed by atoms with Gasteiger partial charge in [0.15, 0.2) is 6.10 Å². The zero-order valence-electron chi connectivity index (χ0n) is 15.6. The molecule has 1 atom stereocenters. The fourth-order valence-electron chi connectivity index (χ4n) is 2.25. The second-order valence-corrected chi connectivity index (χ2v) is 7.95. The van der Waals surface area contributed by atoms with E-state index < -0.39 is 17.9 Å². The van der Waals surface area contributed by atoms with Crippen LogP contribution in [-0.2, 0) is 10.2 Å². The predicted octanol–water partition coefficient (Wildman–Crippen LogP) is 4.52. The van der Waals surface area contributed by atoms with Crippen LogP contribution in [0.3, 0.4) is 0 Å². The second-order valence-electron chi connectivity index (χ2n) is 7.10. The van der Waals surface area contributed by atoms with E-state index in [-0.39, 0.29) is 16.0 Å². The Morgan fingerprint density at radius 3 is 2.19 bits per heavy atom. The average Bonchev–Trinajstić information content (AvgIpc) is 2.59. The van der Waals surface area contributed by atoms with E-state index >= 15 is 0 Å². The van der Waals surface area contributed by atoms with Crippen molar-refractivity contribution in [3.8, 4) is 5.75 Å². The Labute approximate surface area is 169 Å². The lowest BCUT2D eigenvalue weighted by Crippen LogP contribution is -2.47. The van der Waals surface area contributed by atoms with Crippen molar-refractivity contribution in [1.82, 2.24) is 10.9 Å². The van der Waals surface area contributed by atoms with Crippen molar-refractivity contribution in [1.29, 1.82) is 0 Å². The maximum atomic E-state index is 12.1. The number of hydrogen-bond donors (Lipinski definition) is 2. The summed E-state index contributed by atoms with van der Waals surface area (Å²) < 4.78 is 5.61. The Morgan fingerprint density at radius 2 is 1.63 bits per heavy atom. The molecule has 2 N–H and O–H groups in total. The van der Waals surface area contributed by atoms with Gasteiger partial charge in [-0.3, -0.25) is 20.4 Å². The van der Waals surface area contributed by atoms with E-state index in [4.69, 9.17) is 27.9 Å². The van der Waals surface area contributed by atoms with Crippen LogP contribution in [0.5, 0.6) is 5.75 Å². The third-order valence-corrected chi connectivity index (χ3v) is 4.43. The molecular formula is C20H22Cl2N2O3. The molecule has 2 rings (SSSR count). The lowest BCUT2D eigenvalue weighted by Gasteiger charge is -2.20. The summed E-state index contributed by atoms with van der Waals surface area (Å²) in [5.41, 5.74) is 6.04. The minimum Gasteiger partial charge on any atom is -0.481 e. The lowest BCUT2D eigenvalue weighted by atomic mass is 9.87. The topological polar surface area (TPSA) is 67.4 Å². The number of nitrogens with one attached hydrogen (secondary N) is 2. The van der Waals surface area contributed by atoms with E-state index in [1.807, 2.05) is 24.3 Å². The first kappa shape index (κ1) is 21.1. The molecule has 5 nitrogen and oxygen atoms in total. The van der Waals surface area contributed by atoms with Crippen molar-refractivity contribution in [3.63, 3.8) is 0 Å². The molecule has 144 valence electrons. The number of carbonyl (C=O) groups excluding carboxylic acids is 2. The molecule has 0 fully saturated rings. The molecule has 0 radical (unpaired) electrons. The van der Waals surface area contributed by atoms with Gasteiger partial charge in [-0.05, 0) is 48.2 Å². The molecule has 0 saturated heterocycles. The average molecular weight is 409 g/mol. The van der Waals surface area contributed by atoms with Gasteiger partial charge in [-0.1, -0.05) is 56.1 Å². The van der Waals surface area contributed by atoms with Gasteiger partial charge in [-0.2, -0.15) is 0 Å². The Morgan fingerprint density at radius 1 is 1.00 bits per heavy atom. The van der Waals surface area contributed by atoms with Crippen molar-refractivity contribution in [2.75, 3.05) is 0 Å². The van der Waals surface area contributed by atoms with E-state index in [2.05, 4.69) is 31.6 Å². The summed E-state index contributed by atoms with van der Waals surface area (Å²) >= 11 is 11.8. The summed E-state index contributed by atoms with van der Waals surface area (Å²) in [4.78, 5) is 24.2. The van der Waals surface area contributed by atoms with E-state index in [9.17, 15) is 9.59 Å². The Hall–Kier alpha value is -2.24. The van der Waals surface area contributed by atoms with Gasteiger partial charge in [0.1, 0.15) is 5.75 Å². The highest BCUT2D eigenvalue weighted by Crippen LogP contribution is 2.24. The van der Waals surface area contributed by atoms with E-state index in [0.29, 0.717) is 10.8 Å². The third kappa shape index (κ3) is 5.88. The van der Waals surface area contributed by atoms with Gasteiger partial charge in [0, 0.05) is 5.02 Å². The van der Waals surface area contributed by atoms with Crippen LogP contribution in [0.25, 0.3) is 0 Å². The normalized spacial score (nSPS) is 12.2. The van der Waals surface area contributed by atoms with Gasteiger partial charge in [0.05, 0.1) is 10.6 Å². The number of halogens is 2. The summed E-state index contributed by atoms with van der Waals surface area (Å²) in [7, 11) is 0. The van der Waals surface area contributed by atoms with E-state index in [1.54, 1.807) is 6.92 Å². The Kier molecular flexibility index (Phi) is 6.73. The zero-order valence-corrected chi connectivity index (χ0v) is 17.1. The molecule has 0 aliphatic rings. The summed E-state index contributed by atoms with van der Waals surface area (Å²) in [6.45, 7) is 7.95. The van der Waals surface area contributed by atoms with Crippen LogP contribution >= 0.6 is 23.2 Å². The van der Waals surface area contributed by atoms with Crippen molar-refractivity contribution in [3.05, 3.63) is 63.6 Å². The molecule has 0 saturated carbocycles. The molecule has 0 aromatic heterocycles. The molecular weight excluding hydrogens is 387 g/mol. The van der Waals surface area contributed by atoms with E-state index in [0.717, 1.165) is 0 Å². The standard InChI is InChI=1S/C20H22Cl2N2O3/c1-12(27-15-8-5-13(6-9-15)20(2,3)4)18(25)23-24-19(26)16-10-7-14(21)11-17(16)22/h5-12H,1-4H3,(H,23,25)(H,24,26). The summed E-state index contributed by atoms with van der Waals surface area (Å²) in [6, 6.07) is 12.0. The van der Waals surface area contributed by atoms with Crippen LogP contribution in [0.4, 0.5) is 0 Å². The van der Waals surface area contributed by atoms with Crippen molar-refractivity contribution >= 4 is 35.0 Å². The molecule has 0 bridgehead atoms. The summed E-state index contributed by atoms with van der Waals surface area (Å²) in [6.07, 6.45) is -0.800. The highest BCUT2D eigenvalue weighted by molar-refractivity contribution is 6.36. The molecule has 0 heterocycles. The molecule has 0 spiro atoms. The maximum Gasteiger partial charge on any atom is 0.279 e. The van der Waals surface area contributed by atoms with Crippen LogP contribution in [-0.4, -0.2) is 17.9 Å². The number of hydrogen-bond acceptors (Lipinski definition) is 3. The summed E-state index contributed by atoms with van der Waals surface area (Å²) in [5, 5.41) is 0.609. The quantitative estimate of drug-likeness (QED) is 0.730. The van der Waals surface area contributed by atoms with Crippen molar-refractivity contribution in [2.45, 2.75) is 39.2 Å². The van der Waals surface area contributed by atoms with Gasteiger partial charge in [0.25, 0.3) is 11.8 Å². The number of benzene rings is 2. The maximum absolute atomic E-state index is 12.1. The van der Waals surface area contributed by atoms with Crippen LogP contribution in [0, 0.1) is 0 Å². The second kappa shape index (κ2) is 8.63. The Bertz CT molecular complexity index is 830. The van der Waals surface area contributed by atoms with Crippen LogP contribution < -0.4 is 15.6 Å². The number of carbonyl (C=O) groups is 2. The third-order valence-electron chi connectivity index (χ3n) is 3.88. The number of rotatable bonds is 4. The smallest absolute Gasteiger partial charge is 0.279 e. The van der Waals surface area contributed by atoms with Gasteiger partial charge in [0.2, 0.25) is 0 Å². The molecule has 1 unspecified atom stereocenters. The molecule has 27 heavy (non-hydrogen) atoms. The molecule has 0 aliphatic heterocycles. The number of hydrazine groups is 1. The molecule has 7 heteroatoms. The number of ether oxygens (including phenoxy) is 1. The predicted molar refractivity (Wildman–Crippen MR) is 107 cm³/mol. The van der Waals surface area contributed by atoms with Gasteiger partial charge in [-0.15, -0.1) is 0 Å². The minimum atomic E-state index is -0.800. The molecule has 2 aromatic carbocycles. The zero-order chi connectivity index (χ0) is 20.2. The molecule has 2 amide bonds. The van der Waals surface area contributed by atoms with Crippen LogP contribution in [0.1, 0.15) is 43.6 Å². The highest BCUT2D eigenvalue weighted by atomic mass is 35.5. The largest absolute Gasteiger partial charge is 0.481 e. The Balaban J connectivity index is 1.91. The fraction of sp³-hybridized carbons (Fsp3) is 0.300. The van der Waals surface area contributed by atoms with Gasteiger partial charge in [-0.25, -0.2) is 0 Å². The van der Waals surface area contributed by atoms with E-state index in [1.165, 1.54) is 23.8 Å². The number of amides is 2. The minimum absolute atomic E-state index is 0.0365. The van der Waals surface area contributed by atoms with Crippen LogP contribution in [0.15, 0.2) is 42.5 Å². The lowest BCUT2D eigenvalue weighted by molar-refractivity contribution is -0.128. The summed E-state index contributed by atoms with van der Waals surface area (Å²) in [5.74, 6) is -0.474. The molecule has 0 aliphatic carbocycles.